The van der Waals surface area contributed by atoms with Gasteiger partial charge in [-0.2, -0.15) is 0 Å². The second-order valence-electron chi connectivity index (χ2n) is 5.29. The number of aromatic nitrogens is 1. The summed E-state index contributed by atoms with van der Waals surface area (Å²) in [4.78, 5) is 4.51. The van der Waals surface area contributed by atoms with Gasteiger partial charge < -0.3 is 5.32 Å². The highest BCUT2D eigenvalue weighted by Crippen LogP contribution is 2.40. The van der Waals surface area contributed by atoms with Gasteiger partial charge in [0.05, 0.1) is 11.2 Å². The van der Waals surface area contributed by atoms with Crippen LogP contribution in [0.3, 0.4) is 0 Å². The molecule has 1 aliphatic rings. The Labute approximate surface area is 97.8 Å². The number of hydrogen-bond donors (Lipinski definition) is 1. The maximum atomic E-state index is 4.51. The molecule has 0 aromatic carbocycles. The van der Waals surface area contributed by atoms with Crippen molar-refractivity contribution in [1.29, 1.82) is 0 Å². The highest BCUT2D eigenvalue weighted by atomic mass is 15.0. The molecule has 1 aromatic heterocycles. The second kappa shape index (κ2) is 3.93. The van der Waals surface area contributed by atoms with Gasteiger partial charge >= 0.3 is 0 Å². The summed E-state index contributed by atoms with van der Waals surface area (Å²) in [5, 5.41) is 3.51. The first-order chi connectivity index (χ1) is 7.58. The molecule has 0 bridgehead atoms. The quantitative estimate of drug-likeness (QED) is 0.821. The lowest BCUT2D eigenvalue weighted by Crippen LogP contribution is -2.45. The Morgan fingerprint density at radius 3 is 2.75 bits per heavy atom. The smallest absolute Gasteiger partial charge is 0.0796 e. The van der Waals surface area contributed by atoms with Crippen molar-refractivity contribution < 1.29 is 0 Å². The molecule has 0 saturated carbocycles. The van der Waals surface area contributed by atoms with Gasteiger partial charge in [0.2, 0.25) is 0 Å². The number of nitrogens with zero attached hydrogens (tertiary/aromatic N) is 1. The van der Waals surface area contributed by atoms with Crippen LogP contribution in [-0.2, 0) is 5.54 Å². The van der Waals surface area contributed by atoms with E-state index in [2.05, 4.69) is 55.5 Å². The molecule has 86 valence electrons. The van der Waals surface area contributed by atoms with Crippen LogP contribution in [0.4, 0.5) is 0 Å². The van der Waals surface area contributed by atoms with Crippen molar-refractivity contribution in [2.45, 2.75) is 39.2 Å². The van der Waals surface area contributed by atoms with Crippen LogP contribution in [0.5, 0.6) is 0 Å². The lowest BCUT2D eigenvalue weighted by molar-refractivity contribution is 0.219. The summed E-state index contributed by atoms with van der Waals surface area (Å²) >= 11 is 0. The first-order valence-electron chi connectivity index (χ1n) is 5.95. The molecule has 0 amide bonds. The molecule has 1 aromatic rings. The molecule has 0 spiro atoms. The molecule has 2 rings (SSSR count). The predicted molar refractivity (Wildman–Crippen MR) is 66.9 cm³/mol. The van der Waals surface area contributed by atoms with E-state index < -0.39 is 0 Å². The van der Waals surface area contributed by atoms with E-state index >= 15 is 0 Å². The molecule has 1 atom stereocenters. The van der Waals surface area contributed by atoms with Crippen LogP contribution in [-0.4, -0.2) is 4.98 Å². The topological polar surface area (TPSA) is 24.9 Å². The monoisotopic (exact) mass is 216 g/mol. The van der Waals surface area contributed by atoms with Gasteiger partial charge in [0.25, 0.3) is 0 Å². The summed E-state index contributed by atoms with van der Waals surface area (Å²) in [6.07, 6.45) is 8.34. The third kappa shape index (κ3) is 1.97. The fourth-order valence-corrected chi connectivity index (χ4v) is 2.53. The molecule has 1 N–H and O–H groups in total. The fraction of sp³-hybridized carbons (Fsp3) is 0.500. The summed E-state index contributed by atoms with van der Waals surface area (Å²) < 4.78 is 0. The highest BCUT2D eigenvalue weighted by molar-refractivity contribution is 5.21. The van der Waals surface area contributed by atoms with Gasteiger partial charge in [0.1, 0.15) is 0 Å². The van der Waals surface area contributed by atoms with E-state index in [-0.39, 0.29) is 11.0 Å². The zero-order valence-corrected chi connectivity index (χ0v) is 10.3. The van der Waals surface area contributed by atoms with E-state index in [1.165, 1.54) is 0 Å². The van der Waals surface area contributed by atoms with Gasteiger partial charge in [-0.15, -0.1) is 0 Å². The number of nitrogens with one attached hydrogen (secondary N) is 1. The molecule has 2 heterocycles. The Balaban J connectivity index is 2.38. The third-order valence-electron chi connectivity index (χ3n) is 3.41. The zero-order valence-electron chi connectivity index (χ0n) is 10.3. The first kappa shape index (κ1) is 11.2. The molecule has 0 aliphatic carbocycles. The standard InChI is InChI=1S/C14H20N2/c1-4-14(12-7-5-6-9-15-12)11-13(2,3)8-10-16-14/h5-10,16H,4,11H2,1-3H3. The first-order valence-corrected chi connectivity index (χ1v) is 5.95. The molecule has 2 heteroatoms. The molecule has 1 aliphatic heterocycles. The average molecular weight is 216 g/mol. The van der Waals surface area contributed by atoms with Crippen LogP contribution < -0.4 is 5.32 Å². The van der Waals surface area contributed by atoms with Crippen LogP contribution in [0.1, 0.15) is 39.3 Å². The summed E-state index contributed by atoms with van der Waals surface area (Å²) in [5.74, 6) is 0. The van der Waals surface area contributed by atoms with Gasteiger partial charge in [0, 0.05) is 6.20 Å². The largest absolute Gasteiger partial charge is 0.380 e. The number of pyridine rings is 1. The normalized spacial score (nSPS) is 27.4. The number of hydrogen-bond acceptors (Lipinski definition) is 2. The summed E-state index contributed by atoms with van der Waals surface area (Å²) in [6.45, 7) is 6.77. The molecule has 16 heavy (non-hydrogen) atoms. The molecule has 0 saturated heterocycles. The fourth-order valence-electron chi connectivity index (χ4n) is 2.53. The summed E-state index contributed by atoms with van der Waals surface area (Å²) in [5.41, 5.74) is 1.38. The Kier molecular flexibility index (Phi) is 2.75. The Morgan fingerprint density at radius 2 is 2.19 bits per heavy atom. The van der Waals surface area contributed by atoms with Gasteiger partial charge in [0.15, 0.2) is 0 Å². The van der Waals surface area contributed by atoms with E-state index in [1.807, 2.05) is 12.3 Å². The summed E-state index contributed by atoms with van der Waals surface area (Å²) in [7, 11) is 0. The minimum Gasteiger partial charge on any atom is -0.380 e. The zero-order chi connectivity index (χ0) is 11.6. The third-order valence-corrected chi connectivity index (χ3v) is 3.41. The van der Waals surface area contributed by atoms with E-state index in [0.29, 0.717) is 0 Å². The molecular weight excluding hydrogens is 196 g/mol. The molecule has 0 radical (unpaired) electrons. The summed E-state index contributed by atoms with van der Waals surface area (Å²) in [6, 6.07) is 6.15. The maximum Gasteiger partial charge on any atom is 0.0796 e. The van der Waals surface area contributed by atoms with Crippen molar-refractivity contribution in [1.82, 2.24) is 10.3 Å². The van der Waals surface area contributed by atoms with Gasteiger partial charge in [-0.3, -0.25) is 4.98 Å². The van der Waals surface area contributed by atoms with Crippen molar-refractivity contribution in [3.8, 4) is 0 Å². The second-order valence-corrected chi connectivity index (χ2v) is 5.29. The van der Waals surface area contributed by atoms with Crippen LogP contribution >= 0.6 is 0 Å². The molecular formula is C14H20N2. The van der Waals surface area contributed by atoms with Crippen LogP contribution in [0, 0.1) is 5.41 Å². The lowest BCUT2D eigenvalue weighted by atomic mass is 9.73. The number of allylic oxidation sites excluding steroid dienone is 1. The SMILES string of the molecule is CCC1(c2ccccn2)CC(C)(C)C=CN1. The van der Waals surface area contributed by atoms with Crippen molar-refractivity contribution >= 4 is 0 Å². The van der Waals surface area contributed by atoms with E-state index in [0.717, 1.165) is 18.5 Å². The van der Waals surface area contributed by atoms with Crippen molar-refractivity contribution in [3.63, 3.8) is 0 Å². The minimum atomic E-state index is -0.000486. The van der Waals surface area contributed by atoms with Crippen molar-refractivity contribution in [2.75, 3.05) is 0 Å². The maximum absolute atomic E-state index is 4.51. The Bertz CT molecular complexity index is 381. The predicted octanol–water partition coefficient (Wildman–Crippen LogP) is 3.22. The Hall–Kier alpha value is -1.31. The molecule has 1 unspecified atom stereocenters. The highest BCUT2D eigenvalue weighted by Gasteiger charge is 2.38. The van der Waals surface area contributed by atoms with Gasteiger partial charge in [-0.25, -0.2) is 0 Å². The van der Waals surface area contributed by atoms with Gasteiger partial charge in [-0.05, 0) is 36.6 Å². The van der Waals surface area contributed by atoms with Crippen LogP contribution in [0.15, 0.2) is 36.7 Å². The van der Waals surface area contributed by atoms with E-state index in [9.17, 15) is 0 Å². The molecule has 0 fully saturated rings. The van der Waals surface area contributed by atoms with E-state index in [4.69, 9.17) is 0 Å². The Morgan fingerprint density at radius 1 is 1.38 bits per heavy atom. The van der Waals surface area contributed by atoms with Crippen LogP contribution in [0.25, 0.3) is 0 Å². The van der Waals surface area contributed by atoms with Crippen molar-refractivity contribution in [3.05, 3.63) is 42.4 Å². The van der Waals surface area contributed by atoms with Crippen molar-refractivity contribution in [2.24, 2.45) is 5.41 Å². The average Bonchev–Trinajstić information content (AvgIpc) is 2.29. The number of rotatable bonds is 2. The van der Waals surface area contributed by atoms with E-state index in [1.54, 1.807) is 0 Å². The molecule has 2 nitrogen and oxygen atoms in total. The lowest BCUT2D eigenvalue weighted by Gasteiger charge is -2.42. The van der Waals surface area contributed by atoms with Crippen LogP contribution in [0.2, 0.25) is 0 Å². The minimum absolute atomic E-state index is 0.000486. The van der Waals surface area contributed by atoms with Gasteiger partial charge in [-0.1, -0.05) is 32.9 Å².